The molecule has 23 heavy (non-hydrogen) atoms. The Balaban J connectivity index is 1.70. The van der Waals surface area contributed by atoms with Crippen molar-refractivity contribution >= 4 is 23.1 Å². The highest BCUT2D eigenvalue weighted by molar-refractivity contribution is 6.05. The maximum atomic E-state index is 12.4. The Bertz CT molecular complexity index is 691. The van der Waals surface area contributed by atoms with Gasteiger partial charge in [0, 0.05) is 24.3 Å². The molecular formula is C18H22N4O. The van der Waals surface area contributed by atoms with Gasteiger partial charge in [0.2, 0.25) is 0 Å². The standard InChI is InChI=1S/C18H22N4O/c1-13-5-6-14(19)11-16(13)18(23)21-17-8-7-15(12-20-17)22-9-3-2-4-10-22/h5-8,11-12H,2-4,9-10,19H2,1H3,(H,20,21,23). The van der Waals surface area contributed by atoms with E-state index in [1.807, 2.05) is 31.3 Å². The van der Waals surface area contributed by atoms with Crippen molar-refractivity contribution in [1.82, 2.24) is 4.98 Å². The lowest BCUT2D eigenvalue weighted by atomic mass is 10.1. The van der Waals surface area contributed by atoms with E-state index >= 15 is 0 Å². The Morgan fingerprint density at radius 2 is 1.96 bits per heavy atom. The number of aromatic nitrogens is 1. The summed E-state index contributed by atoms with van der Waals surface area (Å²) >= 11 is 0. The van der Waals surface area contributed by atoms with Gasteiger partial charge in [0.25, 0.3) is 5.91 Å². The summed E-state index contributed by atoms with van der Waals surface area (Å²) in [5, 5.41) is 2.83. The number of piperidine rings is 1. The molecule has 1 aromatic carbocycles. The number of hydrogen-bond acceptors (Lipinski definition) is 4. The largest absolute Gasteiger partial charge is 0.399 e. The van der Waals surface area contributed by atoms with Crippen LogP contribution in [-0.4, -0.2) is 24.0 Å². The van der Waals surface area contributed by atoms with E-state index in [-0.39, 0.29) is 5.91 Å². The third kappa shape index (κ3) is 3.62. The highest BCUT2D eigenvalue weighted by Crippen LogP contribution is 2.20. The van der Waals surface area contributed by atoms with Gasteiger partial charge in [-0.05, 0) is 56.0 Å². The van der Waals surface area contributed by atoms with Gasteiger partial charge in [-0.1, -0.05) is 6.07 Å². The van der Waals surface area contributed by atoms with Gasteiger partial charge < -0.3 is 16.0 Å². The Hall–Kier alpha value is -2.56. The first-order valence-corrected chi connectivity index (χ1v) is 8.02. The minimum Gasteiger partial charge on any atom is -0.399 e. The Morgan fingerprint density at radius 1 is 1.17 bits per heavy atom. The van der Waals surface area contributed by atoms with Crippen molar-refractivity contribution in [2.45, 2.75) is 26.2 Å². The van der Waals surface area contributed by atoms with Crippen LogP contribution in [0.25, 0.3) is 0 Å². The van der Waals surface area contributed by atoms with Crippen LogP contribution in [0.2, 0.25) is 0 Å². The average molecular weight is 310 g/mol. The molecule has 1 aromatic heterocycles. The molecule has 0 bridgehead atoms. The van der Waals surface area contributed by atoms with Crippen molar-refractivity contribution in [2.24, 2.45) is 0 Å². The minimum atomic E-state index is -0.187. The second-order valence-corrected chi connectivity index (χ2v) is 5.98. The number of nitrogen functional groups attached to an aromatic ring is 1. The van der Waals surface area contributed by atoms with Crippen LogP contribution in [0.15, 0.2) is 36.5 Å². The lowest BCUT2D eigenvalue weighted by Gasteiger charge is -2.28. The smallest absolute Gasteiger partial charge is 0.257 e. The zero-order chi connectivity index (χ0) is 16.2. The molecule has 0 atom stereocenters. The number of rotatable bonds is 3. The molecule has 0 unspecified atom stereocenters. The molecule has 1 fully saturated rings. The van der Waals surface area contributed by atoms with Gasteiger partial charge in [-0.25, -0.2) is 4.98 Å². The van der Waals surface area contributed by atoms with Crippen LogP contribution in [0.3, 0.4) is 0 Å². The van der Waals surface area contributed by atoms with Crippen molar-refractivity contribution in [3.63, 3.8) is 0 Å². The first kappa shape index (κ1) is 15.3. The zero-order valence-electron chi connectivity index (χ0n) is 13.4. The van der Waals surface area contributed by atoms with Crippen LogP contribution in [0, 0.1) is 6.92 Å². The van der Waals surface area contributed by atoms with Gasteiger partial charge in [-0.15, -0.1) is 0 Å². The predicted molar refractivity (Wildman–Crippen MR) is 93.8 cm³/mol. The number of amides is 1. The summed E-state index contributed by atoms with van der Waals surface area (Å²) in [6.45, 7) is 4.05. The minimum absolute atomic E-state index is 0.187. The molecule has 3 N–H and O–H groups in total. The number of pyridine rings is 1. The van der Waals surface area contributed by atoms with Gasteiger partial charge in [0.05, 0.1) is 11.9 Å². The van der Waals surface area contributed by atoms with E-state index in [1.165, 1.54) is 19.3 Å². The molecule has 2 heterocycles. The Kier molecular flexibility index (Phi) is 4.46. The third-order valence-corrected chi connectivity index (χ3v) is 4.22. The number of nitrogens with two attached hydrogens (primary N) is 1. The lowest BCUT2D eigenvalue weighted by molar-refractivity contribution is 0.102. The van der Waals surface area contributed by atoms with E-state index in [2.05, 4.69) is 15.2 Å². The van der Waals surface area contributed by atoms with E-state index in [0.29, 0.717) is 17.1 Å². The highest BCUT2D eigenvalue weighted by Gasteiger charge is 2.13. The Labute approximate surface area is 136 Å². The molecule has 0 radical (unpaired) electrons. The third-order valence-electron chi connectivity index (χ3n) is 4.22. The van der Waals surface area contributed by atoms with Gasteiger partial charge in [-0.3, -0.25) is 4.79 Å². The van der Waals surface area contributed by atoms with E-state index in [1.54, 1.807) is 12.1 Å². The SMILES string of the molecule is Cc1ccc(N)cc1C(=O)Nc1ccc(N2CCCCC2)cn1. The molecule has 3 rings (SSSR count). The maximum absolute atomic E-state index is 12.4. The number of anilines is 3. The van der Waals surface area contributed by atoms with Crippen LogP contribution < -0.4 is 16.0 Å². The fourth-order valence-corrected chi connectivity index (χ4v) is 2.87. The summed E-state index contributed by atoms with van der Waals surface area (Å²) in [5.41, 5.74) is 8.92. The van der Waals surface area contributed by atoms with Gasteiger partial charge in [-0.2, -0.15) is 0 Å². The van der Waals surface area contributed by atoms with Crippen molar-refractivity contribution in [3.8, 4) is 0 Å². The molecule has 1 aliphatic rings. The van der Waals surface area contributed by atoms with Gasteiger partial charge in [0.15, 0.2) is 0 Å². The second kappa shape index (κ2) is 6.69. The molecule has 0 aliphatic carbocycles. The fraction of sp³-hybridized carbons (Fsp3) is 0.333. The molecule has 5 heteroatoms. The normalized spacial score (nSPS) is 14.6. The van der Waals surface area contributed by atoms with Crippen LogP contribution in [-0.2, 0) is 0 Å². The number of benzene rings is 1. The number of carbonyl (C=O) groups is 1. The molecule has 1 aliphatic heterocycles. The number of nitrogens with one attached hydrogen (secondary N) is 1. The monoisotopic (exact) mass is 310 g/mol. The number of aryl methyl sites for hydroxylation is 1. The lowest BCUT2D eigenvalue weighted by Crippen LogP contribution is -2.29. The van der Waals surface area contributed by atoms with Gasteiger partial charge >= 0.3 is 0 Å². The van der Waals surface area contributed by atoms with Crippen LogP contribution in [0.4, 0.5) is 17.2 Å². The van der Waals surface area contributed by atoms with Crippen molar-refractivity contribution in [1.29, 1.82) is 0 Å². The van der Waals surface area contributed by atoms with Gasteiger partial charge in [0.1, 0.15) is 5.82 Å². The predicted octanol–water partition coefficient (Wildman–Crippen LogP) is 3.21. The topological polar surface area (TPSA) is 71.2 Å². The molecule has 0 spiro atoms. The number of hydrogen-bond donors (Lipinski definition) is 2. The number of nitrogens with zero attached hydrogens (tertiary/aromatic N) is 2. The summed E-state index contributed by atoms with van der Waals surface area (Å²) < 4.78 is 0. The van der Waals surface area contributed by atoms with Crippen LogP contribution in [0.1, 0.15) is 35.2 Å². The average Bonchev–Trinajstić information content (AvgIpc) is 2.58. The van der Waals surface area contributed by atoms with E-state index in [4.69, 9.17) is 5.73 Å². The zero-order valence-corrected chi connectivity index (χ0v) is 13.4. The fourth-order valence-electron chi connectivity index (χ4n) is 2.87. The first-order chi connectivity index (χ1) is 11.1. The van der Waals surface area contributed by atoms with Crippen LogP contribution in [0.5, 0.6) is 0 Å². The van der Waals surface area contributed by atoms with Crippen molar-refractivity contribution < 1.29 is 4.79 Å². The summed E-state index contributed by atoms with van der Waals surface area (Å²) in [7, 11) is 0. The molecular weight excluding hydrogens is 288 g/mol. The van der Waals surface area contributed by atoms with E-state index in [0.717, 1.165) is 24.3 Å². The van der Waals surface area contributed by atoms with E-state index in [9.17, 15) is 4.79 Å². The molecule has 2 aromatic rings. The quantitative estimate of drug-likeness (QED) is 0.854. The second-order valence-electron chi connectivity index (χ2n) is 5.98. The Morgan fingerprint density at radius 3 is 2.65 bits per heavy atom. The van der Waals surface area contributed by atoms with Crippen LogP contribution >= 0.6 is 0 Å². The van der Waals surface area contributed by atoms with Crippen molar-refractivity contribution in [3.05, 3.63) is 47.7 Å². The molecule has 1 saturated heterocycles. The first-order valence-electron chi connectivity index (χ1n) is 8.02. The molecule has 120 valence electrons. The summed E-state index contributed by atoms with van der Waals surface area (Å²) in [6, 6.07) is 9.19. The maximum Gasteiger partial charge on any atom is 0.257 e. The molecule has 1 amide bonds. The van der Waals surface area contributed by atoms with E-state index < -0.39 is 0 Å². The van der Waals surface area contributed by atoms with Crippen molar-refractivity contribution in [2.75, 3.05) is 29.0 Å². The summed E-state index contributed by atoms with van der Waals surface area (Å²) in [4.78, 5) is 19.1. The highest BCUT2D eigenvalue weighted by atomic mass is 16.1. The molecule has 5 nitrogen and oxygen atoms in total. The summed E-state index contributed by atoms with van der Waals surface area (Å²) in [5.74, 6) is 0.366. The molecule has 0 saturated carbocycles. The summed E-state index contributed by atoms with van der Waals surface area (Å²) in [6.07, 6.45) is 5.59. The number of carbonyl (C=O) groups excluding carboxylic acids is 1.